The van der Waals surface area contributed by atoms with E-state index >= 15 is 0 Å². The van der Waals surface area contributed by atoms with Crippen LogP contribution in [0.5, 0.6) is 17.2 Å². The van der Waals surface area contributed by atoms with Gasteiger partial charge in [-0.05, 0) is 54.6 Å². The maximum Gasteiger partial charge on any atom is 0.335 e. The van der Waals surface area contributed by atoms with Crippen molar-refractivity contribution in [3.8, 4) is 17.2 Å². The van der Waals surface area contributed by atoms with Gasteiger partial charge < -0.3 is 24.6 Å². The van der Waals surface area contributed by atoms with E-state index in [0.717, 1.165) is 4.31 Å². The Kier molecular flexibility index (Phi) is 6.46. The third kappa shape index (κ3) is 4.68. The first-order chi connectivity index (χ1) is 16.6. The minimum absolute atomic E-state index is 0.0633. The highest BCUT2D eigenvalue weighted by Crippen LogP contribution is 2.44. The molecule has 0 bridgehead atoms. The van der Waals surface area contributed by atoms with Crippen LogP contribution in [0.15, 0.2) is 59.5 Å². The summed E-state index contributed by atoms with van der Waals surface area (Å²) in [6, 6.07) is 12.6. The van der Waals surface area contributed by atoms with Crippen molar-refractivity contribution in [2.45, 2.75) is 4.90 Å². The highest BCUT2D eigenvalue weighted by atomic mass is 35.5. The van der Waals surface area contributed by atoms with Crippen molar-refractivity contribution in [1.29, 1.82) is 0 Å². The first-order valence-corrected chi connectivity index (χ1v) is 11.8. The van der Waals surface area contributed by atoms with E-state index in [-0.39, 0.29) is 50.8 Å². The van der Waals surface area contributed by atoms with E-state index in [2.05, 4.69) is 5.32 Å². The first kappa shape index (κ1) is 24.2. The van der Waals surface area contributed by atoms with Gasteiger partial charge in [-0.2, -0.15) is 0 Å². The normalized spacial score (nSPS) is 12.2. The van der Waals surface area contributed by atoms with Gasteiger partial charge in [0.25, 0.3) is 15.9 Å². The molecule has 1 heterocycles. The molecule has 0 aliphatic carbocycles. The summed E-state index contributed by atoms with van der Waals surface area (Å²) in [4.78, 5) is 23.8. The fraction of sp³-hybridized carbons (Fsp3) is 0.130. The number of amides is 1. The molecule has 3 aromatic carbocycles. The second-order valence-corrected chi connectivity index (χ2v) is 9.71. The van der Waals surface area contributed by atoms with Gasteiger partial charge in [-0.25, -0.2) is 13.2 Å². The zero-order valence-corrected chi connectivity index (χ0v) is 20.0. The minimum Gasteiger partial charge on any atom is -0.495 e. The zero-order valence-electron chi connectivity index (χ0n) is 18.4. The molecule has 35 heavy (non-hydrogen) atoms. The van der Waals surface area contributed by atoms with Gasteiger partial charge in [-0.15, -0.1) is 0 Å². The summed E-state index contributed by atoms with van der Waals surface area (Å²) in [5.74, 6) is -1.23. The number of anilines is 2. The molecule has 0 spiro atoms. The predicted molar refractivity (Wildman–Crippen MR) is 128 cm³/mol. The van der Waals surface area contributed by atoms with E-state index in [9.17, 15) is 18.0 Å². The molecule has 1 aliphatic heterocycles. The number of sulfonamides is 1. The average Bonchev–Trinajstić information content (AvgIpc) is 3.32. The molecule has 3 aromatic rings. The number of nitrogens with zero attached hydrogens (tertiary/aromatic N) is 1. The number of halogens is 1. The summed E-state index contributed by atoms with van der Waals surface area (Å²) in [5, 5.41) is 11.9. The molecule has 1 aliphatic rings. The number of rotatable bonds is 7. The second-order valence-electron chi connectivity index (χ2n) is 7.33. The maximum absolute atomic E-state index is 13.5. The van der Waals surface area contributed by atoms with E-state index in [4.69, 9.17) is 30.9 Å². The smallest absolute Gasteiger partial charge is 0.335 e. The van der Waals surface area contributed by atoms with Gasteiger partial charge in [-0.3, -0.25) is 9.10 Å². The summed E-state index contributed by atoms with van der Waals surface area (Å²) in [6.45, 7) is -0.154. The third-order valence-electron chi connectivity index (χ3n) is 5.21. The fourth-order valence-corrected chi connectivity index (χ4v) is 4.99. The van der Waals surface area contributed by atoms with E-state index in [1.165, 1.54) is 68.8 Å². The van der Waals surface area contributed by atoms with Gasteiger partial charge in [0, 0.05) is 23.3 Å². The van der Waals surface area contributed by atoms with Crippen molar-refractivity contribution in [2.24, 2.45) is 0 Å². The molecule has 0 atom stereocenters. The van der Waals surface area contributed by atoms with Gasteiger partial charge >= 0.3 is 5.97 Å². The van der Waals surface area contributed by atoms with Gasteiger partial charge in [0.1, 0.15) is 10.6 Å². The number of aromatic carboxylic acids is 1. The molecule has 0 fully saturated rings. The van der Waals surface area contributed by atoms with E-state index in [0.29, 0.717) is 5.69 Å². The van der Waals surface area contributed by atoms with Crippen molar-refractivity contribution >= 4 is 44.9 Å². The van der Waals surface area contributed by atoms with Crippen molar-refractivity contribution in [1.82, 2.24) is 0 Å². The maximum atomic E-state index is 13.5. The molecular weight excluding hydrogens is 500 g/mol. The largest absolute Gasteiger partial charge is 0.495 e. The Morgan fingerprint density at radius 1 is 1.06 bits per heavy atom. The summed E-state index contributed by atoms with van der Waals surface area (Å²) < 4.78 is 44.0. The number of methoxy groups -OCH3 is 1. The van der Waals surface area contributed by atoms with Crippen molar-refractivity contribution < 1.29 is 37.3 Å². The summed E-state index contributed by atoms with van der Waals surface area (Å²) in [5.41, 5.74) is 0.570. The SMILES string of the molecule is COc1ccc(Cl)cc1S(=O)(=O)N(C)c1cc(C(=O)Nc2ccc(C(=O)O)cc2)cc2c1OCO2. The Bertz CT molecular complexity index is 1420. The molecule has 0 radical (unpaired) electrons. The van der Waals surface area contributed by atoms with Crippen molar-refractivity contribution in [3.05, 3.63) is 70.7 Å². The van der Waals surface area contributed by atoms with Gasteiger partial charge in [0.2, 0.25) is 6.79 Å². The number of fused-ring (bicyclic) bond motifs is 1. The highest BCUT2D eigenvalue weighted by molar-refractivity contribution is 7.93. The van der Waals surface area contributed by atoms with Gasteiger partial charge in [-0.1, -0.05) is 11.6 Å². The number of nitrogens with one attached hydrogen (secondary N) is 1. The Balaban J connectivity index is 1.71. The lowest BCUT2D eigenvalue weighted by molar-refractivity contribution is 0.0696. The monoisotopic (exact) mass is 518 g/mol. The van der Waals surface area contributed by atoms with Crippen molar-refractivity contribution in [3.63, 3.8) is 0 Å². The van der Waals surface area contributed by atoms with E-state index < -0.39 is 21.9 Å². The molecule has 0 saturated heterocycles. The number of carbonyl (C=O) groups is 2. The molecule has 1 amide bonds. The topological polar surface area (TPSA) is 131 Å². The van der Waals surface area contributed by atoms with Crippen LogP contribution in [0.3, 0.4) is 0 Å². The number of carbonyl (C=O) groups excluding carboxylic acids is 1. The summed E-state index contributed by atoms with van der Waals surface area (Å²) in [7, 11) is -1.55. The number of carboxylic acid groups (broad SMARTS) is 1. The molecule has 0 aromatic heterocycles. The Morgan fingerprint density at radius 3 is 2.43 bits per heavy atom. The van der Waals surface area contributed by atoms with Crippen LogP contribution in [0.1, 0.15) is 20.7 Å². The summed E-state index contributed by atoms with van der Waals surface area (Å²) >= 11 is 6.03. The number of ether oxygens (including phenoxy) is 3. The van der Waals surface area contributed by atoms with Crippen LogP contribution >= 0.6 is 11.6 Å². The molecule has 2 N–H and O–H groups in total. The van der Waals surface area contributed by atoms with E-state index in [1.54, 1.807) is 0 Å². The van der Waals surface area contributed by atoms with Crippen LogP contribution in [-0.2, 0) is 10.0 Å². The highest BCUT2D eigenvalue weighted by Gasteiger charge is 2.32. The van der Waals surface area contributed by atoms with Crippen molar-refractivity contribution in [2.75, 3.05) is 30.6 Å². The molecule has 4 rings (SSSR count). The van der Waals surface area contributed by atoms with Crippen LogP contribution in [0.2, 0.25) is 5.02 Å². The summed E-state index contributed by atoms with van der Waals surface area (Å²) in [6.07, 6.45) is 0. The lowest BCUT2D eigenvalue weighted by Gasteiger charge is -2.22. The number of carboxylic acids is 1. The number of benzene rings is 3. The van der Waals surface area contributed by atoms with Gasteiger partial charge in [0.15, 0.2) is 11.5 Å². The quantitative estimate of drug-likeness (QED) is 0.482. The zero-order chi connectivity index (χ0) is 25.3. The number of hydrogen-bond acceptors (Lipinski definition) is 7. The predicted octanol–water partition coefficient (Wildman–Crippen LogP) is 3.85. The van der Waals surface area contributed by atoms with E-state index in [1.807, 2.05) is 0 Å². The lowest BCUT2D eigenvalue weighted by Crippen LogP contribution is -2.27. The number of hydrogen-bond donors (Lipinski definition) is 2. The van der Waals surface area contributed by atoms with Crippen LogP contribution in [0.4, 0.5) is 11.4 Å². The first-order valence-electron chi connectivity index (χ1n) is 10.0. The Labute approximate surface area is 205 Å². The second kappa shape index (κ2) is 9.35. The molecule has 10 nitrogen and oxygen atoms in total. The molecule has 12 heteroatoms. The fourth-order valence-electron chi connectivity index (χ4n) is 3.39. The molecule has 182 valence electrons. The standard InChI is InChI=1S/C23H19ClN2O8S/c1-26(35(30,31)20-11-15(24)5-8-18(20)32-2)17-9-14(10-19-21(17)34-12-33-19)22(27)25-16-6-3-13(4-7-16)23(28)29/h3-11H,12H2,1-2H3,(H,25,27)(H,28,29). The Morgan fingerprint density at radius 2 is 1.77 bits per heavy atom. The minimum atomic E-state index is -4.19. The molecule has 0 unspecified atom stereocenters. The van der Waals surface area contributed by atoms with Crippen LogP contribution in [-0.4, -0.2) is 46.4 Å². The third-order valence-corrected chi connectivity index (χ3v) is 7.24. The lowest BCUT2D eigenvalue weighted by atomic mass is 10.1. The van der Waals surface area contributed by atoms with Crippen LogP contribution in [0, 0.1) is 0 Å². The van der Waals surface area contributed by atoms with Crippen LogP contribution in [0.25, 0.3) is 0 Å². The van der Waals surface area contributed by atoms with Gasteiger partial charge in [0.05, 0.1) is 18.4 Å². The Hall–Kier alpha value is -3.96. The molecule has 0 saturated carbocycles. The average molecular weight is 519 g/mol. The van der Waals surface area contributed by atoms with Crippen LogP contribution < -0.4 is 23.8 Å². The molecular formula is C23H19ClN2O8S.